The molecule has 1 aliphatic rings. The van der Waals surface area contributed by atoms with Gasteiger partial charge in [0, 0.05) is 17.7 Å². The van der Waals surface area contributed by atoms with Crippen LogP contribution in [0.2, 0.25) is 0 Å². The summed E-state index contributed by atoms with van der Waals surface area (Å²) in [7, 11) is 0. The molecule has 20 heavy (non-hydrogen) atoms. The first-order chi connectivity index (χ1) is 9.86. The van der Waals surface area contributed by atoms with Crippen molar-refractivity contribution in [2.45, 2.75) is 39.0 Å². The molecule has 0 unspecified atom stereocenters. The number of hydrogen-bond acceptors (Lipinski definition) is 4. The van der Waals surface area contributed by atoms with E-state index in [0.717, 1.165) is 61.3 Å². The minimum Gasteiger partial charge on any atom is -0.491 e. The summed E-state index contributed by atoms with van der Waals surface area (Å²) < 4.78 is 11.3. The lowest BCUT2D eigenvalue weighted by Gasteiger charge is -2.20. The average Bonchev–Trinajstić information content (AvgIpc) is 2.50. The molecule has 1 aromatic rings. The van der Waals surface area contributed by atoms with Crippen molar-refractivity contribution in [2.75, 3.05) is 19.8 Å². The summed E-state index contributed by atoms with van der Waals surface area (Å²) in [4.78, 5) is 0. The van der Waals surface area contributed by atoms with Gasteiger partial charge in [-0.05, 0) is 31.7 Å². The van der Waals surface area contributed by atoms with Gasteiger partial charge in [-0.3, -0.25) is 0 Å². The fourth-order valence-corrected chi connectivity index (χ4v) is 2.46. The van der Waals surface area contributed by atoms with Gasteiger partial charge in [0.2, 0.25) is 0 Å². The molecule has 0 radical (unpaired) electrons. The van der Waals surface area contributed by atoms with Crippen molar-refractivity contribution in [2.24, 2.45) is 5.16 Å². The number of oxime groups is 1. The van der Waals surface area contributed by atoms with E-state index in [1.54, 1.807) is 0 Å². The van der Waals surface area contributed by atoms with E-state index in [4.69, 9.17) is 14.7 Å². The Morgan fingerprint density at radius 1 is 1.20 bits per heavy atom. The van der Waals surface area contributed by atoms with Crippen molar-refractivity contribution in [1.82, 2.24) is 0 Å². The minimum absolute atomic E-state index is 0.561. The largest absolute Gasteiger partial charge is 0.491 e. The Morgan fingerprint density at radius 2 is 2.10 bits per heavy atom. The number of fused-ring (bicyclic) bond motifs is 1. The summed E-state index contributed by atoms with van der Waals surface area (Å²) in [6.07, 6.45) is 5.04. The maximum atomic E-state index is 9.05. The van der Waals surface area contributed by atoms with E-state index in [1.165, 1.54) is 0 Å². The summed E-state index contributed by atoms with van der Waals surface area (Å²) in [6, 6.07) is 5.92. The van der Waals surface area contributed by atoms with Gasteiger partial charge in [-0.15, -0.1) is 0 Å². The number of nitrogens with zero attached hydrogens (tertiary/aromatic N) is 1. The first-order valence-corrected chi connectivity index (χ1v) is 7.40. The van der Waals surface area contributed by atoms with Crippen LogP contribution in [0.1, 0.15) is 43.7 Å². The Kier molecular flexibility index (Phi) is 5.87. The molecule has 0 saturated carbocycles. The van der Waals surface area contributed by atoms with Crippen molar-refractivity contribution in [3.8, 4) is 5.75 Å². The second-order valence-electron chi connectivity index (χ2n) is 5.00. The van der Waals surface area contributed by atoms with Crippen LogP contribution >= 0.6 is 0 Å². The van der Waals surface area contributed by atoms with Crippen molar-refractivity contribution >= 4 is 5.71 Å². The van der Waals surface area contributed by atoms with Gasteiger partial charge < -0.3 is 14.7 Å². The average molecular weight is 277 g/mol. The van der Waals surface area contributed by atoms with Gasteiger partial charge in [-0.25, -0.2) is 0 Å². The van der Waals surface area contributed by atoms with Crippen LogP contribution in [-0.2, 0) is 11.2 Å². The molecule has 0 spiro atoms. The highest BCUT2D eigenvalue weighted by Gasteiger charge is 2.19. The summed E-state index contributed by atoms with van der Waals surface area (Å²) in [5, 5.41) is 12.4. The van der Waals surface area contributed by atoms with E-state index in [2.05, 4.69) is 12.1 Å². The summed E-state index contributed by atoms with van der Waals surface area (Å²) >= 11 is 0. The number of unbranched alkanes of at least 4 members (excludes halogenated alkanes) is 1. The fourth-order valence-electron chi connectivity index (χ4n) is 2.46. The van der Waals surface area contributed by atoms with E-state index in [1.807, 2.05) is 18.2 Å². The molecule has 4 heteroatoms. The maximum Gasteiger partial charge on any atom is 0.123 e. The first-order valence-electron chi connectivity index (χ1n) is 7.40. The van der Waals surface area contributed by atoms with Gasteiger partial charge in [-0.2, -0.15) is 0 Å². The van der Waals surface area contributed by atoms with Gasteiger partial charge in [-0.1, -0.05) is 30.6 Å². The zero-order valence-corrected chi connectivity index (χ0v) is 12.1. The van der Waals surface area contributed by atoms with Gasteiger partial charge >= 0.3 is 0 Å². The Hall–Kier alpha value is -1.55. The van der Waals surface area contributed by atoms with Crippen LogP contribution in [0.4, 0.5) is 0 Å². The molecule has 2 rings (SSSR count). The molecule has 4 nitrogen and oxygen atoms in total. The molecule has 0 aromatic heterocycles. The highest BCUT2D eigenvalue weighted by atomic mass is 16.5. The smallest absolute Gasteiger partial charge is 0.123 e. The molecule has 110 valence electrons. The molecular weight excluding hydrogens is 254 g/mol. The predicted molar refractivity (Wildman–Crippen MR) is 78.9 cm³/mol. The van der Waals surface area contributed by atoms with Crippen LogP contribution in [0.5, 0.6) is 5.75 Å². The minimum atomic E-state index is 0.561. The second-order valence-corrected chi connectivity index (χ2v) is 5.00. The Morgan fingerprint density at radius 3 is 2.90 bits per heavy atom. The molecule has 0 amide bonds. The highest BCUT2D eigenvalue weighted by molar-refractivity contribution is 6.02. The normalized spacial score (nSPS) is 16.1. The van der Waals surface area contributed by atoms with Gasteiger partial charge in [0.25, 0.3) is 0 Å². The van der Waals surface area contributed by atoms with E-state index < -0.39 is 0 Å². The van der Waals surface area contributed by atoms with Crippen molar-refractivity contribution in [1.29, 1.82) is 0 Å². The van der Waals surface area contributed by atoms with Crippen LogP contribution in [0, 0.1) is 0 Å². The molecule has 1 N–H and O–H groups in total. The summed E-state index contributed by atoms with van der Waals surface area (Å²) in [5.41, 5.74) is 2.93. The molecule has 0 atom stereocenters. The first kappa shape index (κ1) is 14.9. The highest BCUT2D eigenvalue weighted by Crippen LogP contribution is 2.29. The van der Waals surface area contributed by atoms with Crippen molar-refractivity contribution < 1.29 is 14.7 Å². The SMILES string of the molecule is CCCCOCCOc1cccc2c1CCCC2=NO. The molecule has 0 saturated heterocycles. The molecule has 0 bridgehead atoms. The van der Waals surface area contributed by atoms with E-state index in [0.29, 0.717) is 13.2 Å². The van der Waals surface area contributed by atoms with Crippen LogP contribution < -0.4 is 4.74 Å². The maximum absolute atomic E-state index is 9.05. The van der Waals surface area contributed by atoms with Crippen molar-refractivity contribution in [3.05, 3.63) is 29.3 Å². The molecule has 0 fully saturated rings. The third kappa shape index (κ3) is 3.73. The number of ether oxygens (including phenoxy) is 2. The lowest BCUT2D eigenvalue weighted by Crippen LogP contribution is -2.15. The second kappa shape index (κ2) is 7.90. The number of benzene rings is 1. The molecule has 0 aliphatic heterocycles. The third-order valence-electron chi connectivity index (χ3n) is 3.53. The fraction of sp³-hybridized carbons (Fsp3) is 0.562. The molecular formula is C16H23NO3. The van der Waals surface area contributed by atoms with E-state index >= 15 is 0 Å². The number of rotatable bonds is 7. The summed E-state index contributed by atoms with van der Waals surface area (Å²) in [6.45, 7) is 4.13. The predicted octanol–water partition coefficient (Wildman–Crippen LogP) is 3.40. The van der Waals surface area contributed by atoms with Gasteiger partial charge in [0.1, 0.15) is 12.4 Å². The van der Waals surface area contributed by atoms with Crippen molar-refractivity contribution in [3.63, 3.8) is 0 Å². The van der Waals surface area contributed by atoms with E-state index in [-0.39, 0.29) is 0 Å². The monoisotopic (exact) mass is 277 g/mol. The molecule has 0 heterocycles. The van der Waals surface area contributed by atoms with E-state index in [9.17, 15) is 0 Å². The topological polar surface area (TPSA) is 51.0 Å². The molecule has 1 aromatic carbocycles. The Bertz CT molecular complexity index is 457. The quantitative estimate of drug-likeness (QED) is 0.472. The summed E-state index contributed by atoms with van der Waals surface area (Å²) in [5.74, 6) is 0.891. The Balaban J connectivity index is 1.92. The third-order valence-corrected chi connectivity index (χ3v) is 3.53. The number of hydrogen-bond donors (Lipinski definition) is 1. The van der Waals surface area contributed by atoms with Gasteiger partial charge in [0.15, 0.2) is 0 Å². The van der Waals surface area contributed by atoms with Gasteiger partial charge in [0.05, 0.1) is 12.3 Å². The van der Waals surface area contributed by atoms with Crippen LogP contribution in [0.3, 0.4) is 0 Å². The zero-order chi connectivity index (χ0) is 14.2. The zero-order valence-electron chi connectivity index (χ0n) is 12.1. The van der Waals surface area contributed by atoms with Crippen LogP contribution in [-0.4, -0.2) is 30.7 Å². The standard InChI is InChI=1S/C16H23NO3/c1-2-3-10-19-11-12-20-16-9-5-6-13-14(16)7-4-8-15(13)17-18/h5-6,9,18H,2-4,7-8,10-12H2,1H3. The molecule has 1 aliphatic carbocycles. The lowest BCUT2D eigenvalue weighted by molar-refractivity contribution is 0.0977. The van der Waals surface area contributed by atoms with Crippen LogP contribution in [0.25, 0.3) is 0 Å². The lowest BCUT2D eigenvalue weighted by atomic mass is 9.89. The van der Waals surface area contributed by atoms with Crippen LogP contribution in [0.15, 0.2) is 23.4 Å². The Labute approximate surface area is 120 Å².